The first kappa shape index (κ1) is 12.3. The van der Waals surface area contributed by atoms with Gasteiger partial charge >= 0.3 is 6.18 Å². The van der Waals surface area contributed by atoms with Gasteiger partial charge in [0, 0.05) is 30.7 Å². The quantitative estimate of drug-likeness (QED) is 0.893. The van der Waals surface area contributed by atoms with Crippen LogP contribution in [0, 0.1) is 0 Å². The summed E-state index contributed by atoms with van der Waals surface area (Å²) in [7, 11) is 1.75. The van der Waals surface area contributed by atoms with Gasteiger partial charge in [-0.05, 0) is 24.3 Å². The molecule has 3 nitrogen and oxygen atoms in total. The van der Waals surface area contributed by atoms with E-state index in [1.807, 2.05) is 0 Å². The maximum absolute atomic E-state index is 12.4. The van der Waals surface area contributed by atoms with Gasteiger partial charge in [0.1, 0.15) is 5.69 Å². The molecule has 0 saturated heterocycles. The Hall–Kier alpha value is -2.11. The molecule has 0 aliphatic heterocycles. The summed E-state index contributed by atoms with van der Waals surface area (Å²) in [6, 6.07) is 5.81. The summed E-state index contributed by atoms with van der Waals surface area (Å²) in [6.45, 7) is 0. The van der Waals surface area contributed by atoms with Crippen LogP contribution in [-0.2, 0) is 6.18 Å². The van der Waals surface area contributed by atoms with Crippen LogP contribution >= 0.6 is 0 Å². The summed E-state index contributed by atoms with van der Waals surface area (Å²) >= 11 is 0. The lowest BCUT2D eigenvalue weighted by molar-refractivity contribution is -0.141. The van der Waals surface area contributed by atoms with E-state index >= 15 is 0 Å². The first-order valence-corrected chi connectivity index (χ1v) is 5.18. The average Bonchev–Trinajstić information content (AvgIpc) is 2.38. The summed E-state index contributed by atoms with van der Waals surface area (Å²) in [5.74, 6) is 0. The van der Waals surface area contributed by atoms with Gasteiger partial charge in [0.05, 0.1) is 5.69 Å². The zero-order valence-electron chi connectivity index (χ0n) is 9.49. The Morgan fingerprint density at radius 3 is 2.44 bits per heavy atom. The van der Waals surface area contributed by atoms with E-state index in [1.165, 1.54) is 12.3 Å². The van der Waals surface area contributed by atoms with Gasteiger partial charge in [-0.25, -0.2) is 0 Å². The predicted molar refractivity (Wildman–Crippen MR) is 62.0 cm³/mol. The largest absolute Gasteiger partial charge is 0.433 e. The highest BCUT2D eigenvalue weighted by molar-refractivity contribution is 5.63. The zero-order valence-corrected chi connectivity index (χ0v) is 9.49. The van der Waals surface area contributed by atoms with Crippen molar-refractivity contribution in [3.63, 3.8) is 0 Å². The van der Waals surface area contributed by atoms with Gasteiger partial charge in [0.25, 0.3) is 0 Å². The fourth-order valence-corrected chi connectivity index (χ4v) is 1.46. The van der Waals surface area contributed by atoms with Crippen molar-refractivity contribution < 1.29 is 13.2 Å². The van der Waals surface area contributed by atoms with E-state index in [-0.39, 0.29) is 0 Å². The molecule has 0 aliphatic rings. The van der Waals surface area contributed by atoms with Gasteiger partial charge in [0.2, 0.25) is 0 Å². The first-order valence-electron chi connectivity index (χ1n) is 5.18. The van der Waals surface area contributed by atoms with Crippen molar-refractivity contribution in [2.24, 2.45) is 0 Å². The van der Waals surface area contributed by atoms with Gasteiger partial charge in [-0.3, -0.25) is 9.97 Å². The van der Waals surface area contributed by atoms with E-state index in [9.17, 15) is 13.2 Å². The number of halogens is 3. The third kappa shape index (κ3) is 2.58. The number of hydrogen-bond acceptors (Lipinski definition) is 3. The number of alkyl halides is 3. The Kier molecular flexibility index (Phi) is 3.18. The molecule has 18 heavy (non-hydrogen) atoms. The number of nitrogens with zero attached hydrogens (tertiary/aromatic N) is 2. The highest BCUT2D eigenvalue weighted by Crippen LogP contribution is 2.28. The summed E-state index contributed by atoms with van der Waals surface area (Å²) in [4.78, 5) is 7.48. The van der Waals surface area contributed by atoms with E-state index in [1.54, 1.807) is 25.4 Å². The van der Waals surface area contributed by atoms with Gasteiger partial charge in [-0.15, -0.1) is 0 Å². The molecule has 0 saturated carbocycles. The maximum atomic E-state index is 12.4. The molecule has 0 radical (unpaired) electrons. The highest BCUT2D eigenvalue weighted by Gasteiger charge is 2.32. The van der Waals surface area contributed by atoms with Gasteiger partial charge < -0.3 is 5.32 Å². The molecule has 0 unspecified atom stereocenters. The van der Waals surface area contributed by atoms with Crippen LogP contribution in [0.2, 0.25) is 0 Å². The SMILES string of the molecule is CNc1ccnc(-c2ccc(C(F)(F)F)nc2)c1. The number of nitrogens with one attached hydrogen (secondary N) is 1. The third-order valence-corrected chi connectivity index (χ3v) is 2.40. The molecule has 6 heteroatoms. The Morgan fingerprint density at radius 2 is 1.89 bits per heavy atom. The molecular weight excluding hydrogens is 243 g/mol. The molecule has 0 fully saturated rings. The Labute approximate surface area is 102 Å². The molecule has 2 rings (SSSR count). The van der Waals surface area contributed by atoms with Crippen molar-refractivity contribution >= 4 is 5.69 Å². The minimum atomic E-state index is -4.42. The standard InChI is InChI=1S/C12H10F3N3/c1-16-9-4-5-17-10(6-9)8-2-3-11(18-7-8)12(13,14)15/h2-7H,1H3,(H,16,17). The molecule has 0 aliphatic carbocycles. The molecule has 0 spiro atoms. The second kappa shape index (κ2) is 4.64. The highest BCUT2D eigenvalue weighted by atomic mass is 19.4. The lowest BCUT2D eigenvalue weighted by atomic mass is 10.1. The topological polar surface area (TPSA) is 37.8 Å². The van der Waals surface area contributed by atoms with Crippen molar-refractivity contribution in [3.05, 3.63) is 42.4 Å². The number of hydrogen-bond donors (Lipinski definition) is 1. The smallest absolute Gasteiger partial charge is 0.388 e. The Balaban J connectivity index is 2.34. The van der Waals surface area contributed by atoms with Crippen LogP contribution in [0.15, 0.2) is 36.7 Å². The van der Waals surface area contributed by atoms with Crippen LogP contribution in [0.5, 0.6) is 0 Å². The third-order valence-electron chi connectivity index (χ3n) is 2.40. The van der Waals surface area contributed by atoms with Crippen molar-refractivity contribution in [3.8, 4) is 11.3 Å². The molecule has 0 bridgehead atoms. The molecule has 0 aromatic carbocycles. The molecule has 2 aromatic heterocycles. The number of aromatic nitrogens is 2. The normalized spacial score (nSPS) is 11.3. The molecule has 2 heterocycles. The summed E-state index contributed by atoms with van der Waals surface area (Å²) < 4.78 is 37.1. The fraction of sp³-hybridized carbons (Fsp3) is 0.167. The number of anilines is 1. The van der Waals surface area contributed by atoms with E-state index in [0.717, 1.165) is 11.8 Å². The van der Waals surface area contributed by atoms with Crippen molar-refractivity contribution in [2.75, 3.05) is 12.4 Å². The van der Waals surface area contributed by atoms with Gasteiger partial charge in [-0.1, -0.05) is 0 Å². The van der Waals surface area contributed by atoms with Crippen molar-refractivity contribution in [1.82, 2.24) is 9.97 Å². The van der Waals surface area contributed by atoms with E-state index in [0.29, 0.717) is 11.3 Å². The minimum absolute atomic E-state index is 0.542. The van der Waals surface area contributed by atoms with Gasteiger partial charge in [-0.2, -0.15) is 13.2 Å². The lowest BCUT2D eigenvalue weighted by Gasteiger charge is -2.07. The molecular formula is C12H10F3N3. The van der Waals surface area contributed by atoms with E-state index < -0.39 is 11.9 Å². The van der Waals surface area contributed by atoms with Crippen molar-refractivity contribution in [1.29, 1.82) is 0 Å². The zero-order chi connectivity index (χ0) is 13.2. The Morgan fingerprint density at radius 1 is 1.11 bits per heavy atom. The molecule has 0 amide bonds. The van der Waals surface area contributed by atoms with Gasteiger partial charge in [0.15, 0.2) is 0 Å². The summed E-state index contributed by atoms with van der Waals surface area (Å²) in [5.41, 5.74) is 1.04. The minimum Gasteiger partial charge on any atom is -0.388 e. The lowest BCUT2D eigenvalue weighted by Crippen LogP contribution is -2.07. The first-order chi connectivity index (χ1) is 8.50. The molecule has 2 aromatic rings. The number of pyridine rings is 2. The van der Waals surface area contributed by atoms with Crippen LogP contribution in [0.1, 0.15) is 5.69 Å². The second-order valence-electron chi connectivity index (χ2n) is 3.61. The predicted octanol–water partition coefficient (Wildman–Crippen LogP) is 3.20. The maximum Gasteiger partial charge on any atom is 0.433 e. The van der Waals surface area contributed by atoms with Crippen LogP contribution in [0.3, 0.4) is 0 Å². The fourth-order valence-electron chi connectivity index (χ4n) is 1.46. The van der Waals surface area contributed by atoms with Crippen LogP contribution < -0.4 is 5.32 Å². The molecule has 94 valence electrons. The molecule has 1 N–H and O–H groups in total. The summed E-state index contributed by atoms with van der Waals surface area (Å²) in [6.07, 6.45) is -1.66. The second-order valence-corrected chi connectivity index (χ2v) is 3.61. The Bertz CT molecular complexity index is 535. The van der Waals surface area contributed by atoms with Crippen LogP contribution in [-0.4, -0.2) is 17.0 Å². The molecule has 0 atom stereocenters. The van der Waals surface area contributed by atoms with Crippen LogP contribution in [0.25, 0.3) is 11.3 Å². The van der Waals surface area contributed by atoms with E-state index in [2.05, 4.69) is 15.3 Å². The average molecular weight is 253 g/mol. The van der Waals surface area contributed by atoms with E-state index in [4.69, 9.17) is 0 Å². The van der Waals surface area contributed by atoms with Crippen molar-refractivity contribution in [2.45, 2.75) is 6.18 Å². The number of rotatable bonds is 2. The van der Waals surface area contributed by atoms with Crippen LogP contribution in [0.4, 0.5) is 18.9 Å². The summed E-state index contributed by atoms with van der Waals surface area (Å²) in [5, 5.41) is 2.93. The monoisotopic (exact) mass is 253 g/mol.